The summed E-state index contributed by atoms with van der Waals surface area (Å²) in [5.41, 5.74) is 9.29. The van der Waals surface area contributed by atoms with E-state index in [1.807, 2.05) is 6.07 Å². The molecule has 40 heavy (non-hydrogen) atoms. The molecule has 2 nitrogen and oxygen atoms in total. The Morgan fingerprint density at radius 3 is 2.05 bits per heavy atom. The Morgan fingerprint density at radius 2 is 1.25 bits per heavy atom. The third kappa shape index (κ3) is 3.55. The zero-order valence-corrected chi connectivity index (χ0v) is 23.2. The van der Waals surface area contributed by atoms with Crippen molar-refractivity contribution < 1.29 is 0 Å². The summed E-state index contributed by atoms with van der Waals surface area (Å²) >= 11 is 1.78. The minimum absolute atomic E-state index is 0.103. The van der Waals surface area contributed by atoms with Crippen LogP contribution >= 0.6 is 11.3 Å². The maximum Gasteiger partial charge on any atom is 0.160 e. The van der Waals surface area contributed by atoms with Crippen LogP contribution in [0.5, 0.6) is 0 Å². The van der Waals surface area contributed by atoms with Crippen molar-refractivity contribution in [2.24, 2.45) is 0 Å². The molecule has 1 aliphatic rings. The molecule has 8 rings (SSSR count). The third-order valence-electron chi connectivity index (χ3n) is 8.28. The Bertz CT molecular complexity index is 2050. The summed E-state index contributed by atoms with van der Waals surface area (Å²) in [5, 5.41) is 3.79. The predicted octanol–water partition coefficient (Wildman–Crippen LogP) is 10.2. The van der Waals surface area contributed by atoms with Gasteiger partial charge in [0.05, 0.1) is 16.3 Å². The summed E-state index contributed by atoms with van der Waals surface area (Å²) in [6.45, 7) is 4.68. The van der Waals surface area contributed by atoms with E-state index in [1.165, 1.54) is 43.1 Å². The van der Waals surface area contributed by atoms with Gasteiger partial charge in [-0.2, -0.15) is 0 Å². The van der Waals surface area contributed by atoms with Crippen molar-refractivity contribution in [1.29, 1.82) is 0 Å². The van der Waals surface area contributed by atoms with Crippen molar-refractivity contribution in [1.82, 2.24) is 9.97 Å². The zero-order chi connectivity index (χ0) is 26.8. The van der Waals surface area contributed by atoms with E-state index in [-0.39, 0.29) is 5.41 Å². The van der Waals surface area contributed by atoms with Crippen molar-refractivity contribution in [3.05, 3.63) is 132 Å². The van der Waals surface area contributed by atoms with Crippen molar-refractivity contribution in [3.63, 3.8) is 0 Å². The molecular weight excluding hydrogens is 504 g/mol. The highest BCUT2D eigenvalue weighted by Crippen LogP contribution is 2.53. The molecule has 0 atom stereocenters. The van der Waals surface area contributed by atoms with E-state index in [0.29, 0.717) is 0 Å². The second-order valence-corrected chi connectivity index (χ2v) is 12.2. The molecule has 0 saturated heterocycles. The molecule has 0 saturated carbocycles. The van der Waals surface area contributed by atoms with Gasteiger partial charge in [-0.3, -0.25) is 0 Å². The first-order valence-corrected chi connectivity index (χ1v) is 14.5. The number of benzene rings is 5. The molecule has 2 heterocycles. The lowest BCUT2D eigenvalue weighted by molar-refractivity contribution is 0.661. The minimum atomic E-state index is -0.103. The Morgan fingerprint density at radius 1 is 0.550 bits per heavy atom. The van der Waals surface area contributed by atoms with Gasteiger partial charge in [-0.1, -0.05) is 105 Å². The normalized spacial score (nSPS) is 13.4. The fourth-order valence-electron chi connectivity index (χ4n) is 6.22. The molecule has 0 amide bonds. The molecular formula is C37H26N2S. The van der Waals surface area contributed by atoms with Crippen LogP contribution in [-0.4, -0.2) is 9.97 Å². The summed E-state index contributed by atoms with van der Waals surface area (Å²) in [5.74, 6) is 0.749. The highest BCUT2D eigenvalue weighted by molar-refractivity contribution is 7.22. The van der Waals surface area contributed by atoms with E-state index in [1.54, 1.807) is 11.3 Å². The second kappa shape index (κ2) is 8.70. The topological polar surface area (TPSA) is 25.8 Å². The van der Waals surface area contributed by atoms with Crippen LogP contribution in [0.1, 0.15) is 25.0 Å². The highest BCUT2D eigenvalue weighted by atomic mass is 32.1. The van der Waals surface area contributed by atoms with Gasteiger partial charge in [0.15, 0.2) is 5.82 Å². The smallest absolute Gasteiger partial charge is 0.160 e. The minimum Gasteiger partial charge on any atom is -0.228 e. The number of hydrogen-bond acceptors (Lipinski definition) is 3. The number of aromatic nitrogens is 2. The van der Waals surface area contributed by atoms with E-state index < -0.39 is 0 Å². The van der Waals surface area contributed by atoms with Crippen LogP contribution in [0.4, 0.5) is 0 Å². The molecule has 3 heteroatoms. The van der Waals surface area contributed by atoms with Crippen LogP contribution < -0.4 is 0 Å². The summed E-state index contributed by atoms with van der Waals surface area (Å²) in [6.07, 6.45) is 0. The van der Waals surface area contributed by atoms with Gasteiger partial charge < -0.3 is 0 Å². The lowest BCUT2D eigenvalue weighted by Crippen LogP contribution is -2.14. The maximum absolute atomic E-state index is 5.21. The number of fused-ring (bicyclic) bond motifs is 5. The average Bonchev–Trinajstić information content (AvgIpc) is 3.53. The fraction of sp³-hybridized carbons (Fsp3) is 0.0811. The van der Waals surface area contributed by atoms with Gasteiger partial charge in [-0.25, -0.2) is 9.97 Å². The summed E-state index contributed by atoms with van der Waals surface area (Å²) < 4.78 is 1.27. The van der Waals surface area contributed by atoms with E-state index >= 15 is 0 Å². The number of nitrogens with zero attached hydrogens (tertiary/aromatic N) is 2. The molecule has 5 aromatic carbocycles. The molecule has 0 bridgehead atoms. The molecule has 0 fully saturated rings. The fourth-order valence-corrected chi connectivity index (χ4v) is 7.25. The monoisotopic (exact) mass is 530 g/mol. The van der Waals surface area contributed by atoms with Crippen molar-refractivity contribution in [3.8, 4) is 44.3 Å². The first-order chi connectivity index (χ1) is 19.6. The van der Waals surface area contributed by atoms with Gasteiger partial charge >= 0.3 is 0 Å². The lowest BCUT2D eigenvalue weighted by Gasteiger charge is -2.22. The van der Waals surface area contributed by atoms with Crippen molar-refractivity contribution >= 4 is 32.2 Å². The Kier molecular flexibility index (Phi) is 5.07. The summed E-state index contributed by atoms with van der Waals surface area (Å²) in [7, 11) is 0. The maximum atomic E-state index is 5.21. The molecule has 2 aromatic heterocycles. The second-order valence-electron chi connectivity index (χ2n) is 11.1. The van der Waals surface area contributed by atoms with Crippen LogP contribution in [0.15, 0.2) is 121 Å². The van der Waals surface area contributed by atoms with Gasteiger partial charge in [0.1, 0.15) is 0 Å². The van der Waals surface area contributed by atoms with Gasteiger partial charge in [0.25, 0.3) is 0 Å². The predicted molar refractivity (Wildman–Crippen MR) is 169 cm³/mol. The standard InChI is InChI=1S/C37H26N2S/c1-37(2)29-17-10-16-27(35(29)28-19-24-13-6-7-14-25(24)20-30(28)37)31-22-32(34-21-26-15-8-9-18-33(26)40-34)39-36(38-31)23-11-4-3-5-12-23/h3-22H,1-2H3. The molecule has 0 spiro atoms. The summed E-state index contributed by atoms with van der Waals surface area (Å²) in [4.78, 5) is 11.5. The van der Waals surface area contributed by atoms with Crippen LogP contribution in [0, 0.1) is 0 Å². The van der Waals surface area contributed by atoms with E-state index in [9.17, 15) is 0 Å². The van der Waals surface area contributed by atoms with Gasteiger partial charge in [-0.05, 0) is 68.7 Å². The Hall–Kier alpha value is -4.60. The van der Waals surface area contributed by atoms with Gasteiger partial charge in [0, 0.05) is 21.2 Å². The first kappa shape index (κ1) is 23.3. The van der Waals surface area contributed by atoms with Crippen LogP contribution in [0.25, 0.3) is 65.2 Å². The quantitative estimate of drug-likeness (QED) is 0.227. The highest BCUT2D eigenvalue weighted by Gasteiger charge is 2.37. The SMILES string of the molecule is CC1(C)c2cc3ccccc3cc2-c2c(-c3cc(-c4cc5ccccc5s4)nc(-c4ccccc4)n3)cccc21. The van der Waals surface area contributed by atoms with Crippen LogP contribution in [0.3, 0.4) is 0 Å². The first-order valence-electron chi connectivity index (χ1n) is 13.7. The molecule has 0 radical (unpaired) electrons. The molecule has 0 N–H and O–H groups in total. The Balaban J connectivity index is 1.40. The number of thiophene rings is 1. The number of hydrogen-bond donors (Lipinski definition) is 0. The van der Waals surface area contributed by atoms with Crippen LogP contribution in [0.2, 0.25) is 0 Å². The van der Waals surface area contributed by atoms with Gasteiger partial charge in [-0.15, -0.1) is 11.3 Å². The summed E-state index contributed by atoms with van der Waals surface area (Å²) in [6, 6.07) is 43.4. The Labute approximate surface area is 237 Å². The molecule has 0 unspecified atom stereocenters. The van der Waals surface area contributed by atoms with Crippen molar-refractivity contribution in [2.75, 3.05) is 0 Å². The third-order valence-corrected chi connectivity index (χ3v) is 9.42. The van der Waals surface area contributed by atoms with E-state index in [0.717, 1.165) is 33.2 Å². The molecule has 1 aliphatic carbocycles. The lowest BCUT2D eigenvalue weighted by atomic mass is 9.81. The molecule has 190 valence electrons. The van der Waals surface area contributed by atoms with Crippen molar-refractivity contribution in [2.45, 2.75) is 19.3 Å². The largest absolute Gasteiger partial charge is 0.228 e. The van der Waals surface area contributed by atoms with Gasteiger partial charge in [0.2, 0.25) is 0 Å². The van der Waals surface area contributed by atoms with Crippen LogP contribution in [-0.2, 0) is 5.41 Å². The zero-order valence-electron chi connectivity index (χ0n) is 22.3. The van der Waals surface area contributed by atoms with E-state index in [2.05, 4.69) is 129 Å². The number of rotatable bonds is 3. The molecule has 7 aromatic rings. The van der Waals surface area contributed by atoms with E-state index in [4.69, 9.17) is 9.97 Å². The average molecular weight is 531 g/mol. The molecule has 0 aliphatic heterocycles.